The molecule has 1 unspecified atom stereocenters. The lowest BCUT2D eigenvalue weighted by atomic mass is 10.0. The zero-order chi connectivity index (χ0) is 31.0. The molecule has 0 amide bonds. The van der Waals surface area contributed by atoms with Gasteiger partial charge in [0.2, 0.25) is 5.69 Å². The number of alkyl halides is 3. The fourth-order valence-electron chi connectivity index (χ4n) is 4.71. The molecule has 1 aromatic carbocycles. The number of rotatable bonds is 7. The van der Waals surface area contributed by atoms with Crippen LogP contribution in [0.2, 0.25) is 5.02 Å². The SMILES string of the molecule is O=c1ccccn1CC(c1ccc(-c2c(-n3cnnn3)ccc(Cl)c2F)c[n+]1[O-])n1cc(-c2ccnc(C(F)(F)F)c2)cn1. The van der Waals surface area contributed by atoms with Gasteiger partial charge in [-0.15, -0.1) is 5.10 Å². The van der Waals surface area contributed by atoms with Gasteiger partial charge in [-0.05, 0) is 52.4 Å². The Morgan fingerprint density at radius 2 is 1.89 bits per heavy atom. The Morgan fingerprint density at radius 1 is 1.05 bits per heavy atom. The smallest absolute Gasteiger partial charge is 0.433 e. The van der Waals surface area contributed by atoms with Crippen LogP contribution in [0.15, 0.2) is 96.7 Å². The molecule has 11 nitrogen and oxygen atoms in total. The van der Waals surface area contributed by atoms with Gasteiger partial charge in [0.15, 0.2) is 18.1 Å². The van der Waals surface area contributed by atoms with Crippen LogP contribution in [0.3, 0.4) is 0 Å². The van der Waals surface area contributed by atoms with E-state index in [0.29, 0.717) is 10.3 Å². The van der Waals surface area contributed by atoms with Crippen molar-refractivity contribution in [2.24, 2.45) is 0 Å². The number of pyridine rings is 3. The third-order valence-corrected chi connectivity index (χ3v) is 7.11. The maximum Gasteiger partial charge on any atom is 0.433 e. The van der Waals surface area contributed by atoms with Crippen molar-refractivity contribution < 1.29 is 22.3 Å². The first-order valence-corrected chi connectivity index (χ1v) is 13.2. The zero-order valence-corrected chi connectivity index (χ0v) is 22.9. The highest BCUT2D eigenvalue weighted by Crippen LogP contribution is 2.34. The summed E-state index contributed by atoms with van der Waals surface area (Å²) in [5, 5.41) is 28.7. The van der Waals surface area contributed by atoms with Gasteiger partial charge in [0.25, 0.3) is 5.56 Å². The van der Waals surface area contributed by atoms with Crippen molar-refractivity contribution in [3.05, 3.63) is 130 Å². The summed E-state index contributed by atoms with van der Waals surface area (Å²) in [6.45, 7) is -0.0616. The van der Waals surface area contributed by atoms with Crippen LogP contribution >= 0.6 is 11.6 Å². The second kappa shape index (κ2) is 11.3. The summed E-state index contributed by atoms with van der Waals surface area (Å²) in [7, 11) is 0. The van der Waals surface area contributed by atoms with Crippen molar-refractivity contribution in [3.8, 4) is 27.9 Å². The molecule has 5 aromatic heterocycles. The number of hydrogen-bond donors (Lipinski definition) is 0. The Hall–Kier alpha value is -5.44. The molecular formula is C28H18ClF4N9O2. The van der Waals surface area contributed by atoms with Crippen molar-refractivity contribution in [2.75, 3.05) is 0 Å². The minimum absolute atomic E-state index is 0.0312. The molecule has 6 rings (SSSR count). The van der Waals surface area contributed by atoms with Gasteiger partial charge in [0.05, 0.1) is 34.6 Å². The van der Waals surface area contributed by atoms with Gasteiger partial charge in [-0.3, -0.25) is 14.5 Å². The predicted molar refractivity (Wildman–Crippen MR) is 148 cm³/mol. The van der Waals surface area contributed by atoms with Crippen LogP contribution in [0.1, 0.15) is 17.4 Å². The molecule has 0 saturated heterocycles. The molecule has 0 N–H and O–H groups in total. The summed E-state index contributed by atoms with van der Waals surface area (Å²) in [6, 6.07) is 11.7. The second-order valence-corrected chi connectivity index (χ2v) is 9.93. The van der Waals surface area contributed by atoms with Crippen molar-refractivity contribution in [1.29, 1.82) is 0 Å². The van der Waals surface area contributed by atoms with Gasteiger partial charge in [-0.25, -0.2) is 4.39 Å². The van der Waals surface area contributed by atoms with E-state index in [1.807, 2.05) is 0 Å². The lowest BCUT2D eigenvalue weighted by Gasteiger charge is -2.19. The number of benzene rings is 1. The molecule has 6 aromatic rings. The summed E-state index contributed by atoms with van der Waals surface area (Å²) in [6.07, 6.45) is 3.14. The van der Waals surface area contributed by atoms with E-state index in [0.717, 1.165) is 18.5 Å². The molecule has 0 fully saturated rings. The summed E-state index contributed by atoms with van der Waals surface area (Å²) in [4.78, 5) is 16.0. The van der Waals surface area contributed by atoms with E-state index in [1.54, 1.807) is 12.1 Å². The van der Waals surface area contributed by atoms with E-state index < -0.39 is 23.7 Å². The van der Waals surface area contributed by atoms with Gasteiger partial charge < -0.3 is 9.77 Å². The number of nitrogens with zero attached hydrogens (tertiary/aromatic N) is 9. The number of tetrazole rings is 1. The lowest BCUT2D eigenvalue weighted by Crippen LogP contribution is -2.38. The molecule has 5 heterocycles. The topological polar surface area (TPSA) is 123 Å². The van der Waals surface area contributed by atoms with Crippen LogP contribution in [-0.2, 0) is 12.7 Å². The molecule has 0 radical (unpaired) electrons. The fourth-order valence-corrected chi connectivity index (χ4v) is 4.87. The number of halogens is 5. The molecule has 0 saturated carbocycles. The Bertz CT molecular complexity index is 2030. The first kappa shape index (κ1) is 28.7. The van der Waals surface area contributed by atoms with Crippen LogP contribution in [0.4, 0.5) is 17.6 Å². The highest BCUT2D eigenvalue weighted by molar-refractivity contribution is 6.31. The molecule has 0 aliphatic heterocycles. The van der Waals surface area contributed by atoms with Gasteiger partial charge in [0, 0.05) is 36.3 Å². The normalized spacial score (nSPS) is 12.4. The molecule has 0 spiro atoms. The Morgan fingerprint density at radius 3 is 2.61 bits per heavy atom. The third-order valence-electron chi connectivity index (χ3n) is 6.82. The van der Waals surface area contributed by atoms with Crippen LogP contribution in [-0.4, -0.2) is 39.5 Å². The Balaban J connectivity index is 1.44. The summed E-state index contributed by atoms with van der Waals surface area (Å²) < 4.78 is 59.6. The van der Waals surface area contributed by atoms with Gasteiger partial charge in [-0.2, -0.15) is 27.7 Å². The van der Waals surface area contributed by atoms with Gasteiger partial charge in [-0.1, -0.05) is 17.7 Å². The quantitative estimate of drug-likeness (QED) is 0.146. The molecule has 222 valence electrons. The van der Waals surface area contributed by atoms with Crippen molar-refractivity contribution >= 4 is 11.6 Å². The molecule has 0 aliphatic carbocycles. The fraction of sp³-hybridized carbons (Fsp3) is 0.107. The van der Waals surface area contributed by atoms with E-state index in [9.17, 15) is 23.2 Å². The molecule has 0 bridgehead atoms. The lowest BCUT2D eigenvalue weighted by molar-refractivity contribution is -0.615. The highest BCUT2D eigenvalue weighted by Gasteiger charge is 2.33. The van der Waals surface area contributed by atoms with E-state index in [2.05, 4.69) is 25.6 Å². The molecular weight excluding hydrogens is 606 g/mol. The standard InChI is InChI=1S/C28H18ClF4N9O2/c29-20-5-7-22(41-16-35-37-38-41)26(27(20)30)18-4-6-21(42(44)14-18)23(15-39-10-2-1-3-25(39)43)40-13-19(12-36-40)17-8-9-34-24(11-17)28(31,32)33/h1-14,16,23H,15H2. The molecule has 0 aliphatic rings. The average Bonchev–Trinajstić information content (AvgIpc) is 3.71. The largest absolute Gasteiger partial charge is 0.618 e. The summed E-state index contributed by atoms with van der Waals surface area (Å²) >= 11 is 6.06. The Labute approximate surface area is 249 Å². The van der Waals surface area contributed by atoms with Crippen molar-refractivity contribution in [3.63, 3.8) is 0 Å². The van der Waals surface area contributed by atoms with Crippen LogP contribution in [0.25, 0.3) is 27.9 Å². The molecule has 1 atom stereocenters. The monoisotopic (exact) mass is 623 g/mol. The number of hydrogen-bond acceptors (Lipinski definition) is 7. The molecule has 16 heteroatoms. The first-order valence-electron chi connectivity index (χ1n) is 12.8. The number of aromatic nitrogens is 9. The minimum atomic E-state index is -4.65. The van der Waals surface area contributed by atoms with Crippen molar-refractivity contribution in [1.82, 2.24) is 39.5 Å². The van der Waals surface area contributed by atoms with Gasteiger partial charge >= 0.3 is 6.18 Å². The van der Waals surface area contributed by atoms with E-state index >= 15 is 4.39 Å². The van der Waals surface area contributed by atoms with Crippen molar-refractivity contribution in [2.45, 2.75) is 18.8 Å². The zero-order valence-electron chi connectivity index (χ0n) is 22.2. The highest BCUT2D eigenvalue weighted by atomic mass is 35.5. The minimum Gasteiger partial charge on any atom is -0.618 e. The van der Waals surface area contributed by atoms with E-state index in [4.69, 9.17) is 11.6 Å². The van der Waals surface area contributed by atoms with Crippen LogP contribution in [0, 0.1) is 11.0 Å². The predicted octanol–water partition coefficient (Wildman–Crippen LogP) is 4.48. The first-order chi connectivity index (χ1) is 21.1. The average molecular weight is 624 g/mol. The van der Waals surface area contributed by atoms with E-state index in [1.165, 1.54) is 75.2 Å². The summed E-state index contributed by atoms with van der Waals surface area (Å²) in [5.41, 5.74) is -0.442. The van der Waals surface area contributed by atoms with E-state index in [-0.39, 0.29) is 45.2 Å². The maximum absolute atomic E-state index is 15.3. The van der Waals surface area contributed by atoms with Crippen LogP contribution in [0.5, 0.6) is 0 Å². The van der Waals surface area contributed by atoms with Crippen LogP contribution < -0.4 is 10.3 Å². The second-order valence-electron chi connectivity index (χ2n) is 9.52. The summed E-state index contributed by atoms with van der Waals surface area (Å²) in [5.74, 6) is -0.799. The molecule has 44 heavy (non-hydrogen) atoms. The Kier molecular flexibility index (Phi) is 7.38. The third kappa shape index (κ3) is 5.51. The van der Waals surface area contributed by atoms with Gasteiger partial charge in [0.1, 0.15) is 12.0 Å². The maximum atomic E-state index is 15.3.